The number of amides is 2. The monoisotopic (exact) mass is 508 g/mol. The zero-order valence-electron chi connectivity index (χ0n) is 18.0. The number of rotatable bonds is 7. The van der Waals surface area contributed by atoms with Gasteiger partial charge in [0.05, 0.1) is 25.4 Å². The number of anilines is 2. The summed E-state index contributed by atoms with van der Waals surface area (Å²) >= 11 is 1.08. The second-order valence-electron chi connectivity index (χ2n) is 7.28. The van der Waals surface area contributed by atoms with Crippen LogP contribution in [0.4, 0.5) is 24.0 Å². The van der Waals surface area contributed by atoms with E-state index in [0.717, 1.165) is 29.5 Å². The molecule has 0 radical (unpaired) electrons. The van der Waals surface area contributed by atoms with Crippen LogP contribution >= 0.6 is 11.3 Å². The molecular formula is C21H19F3N6O4S. The van der Waals surface area contributed by atoms with E-state index in [1.807, 2.05) is 0 Å². The summed E-state index contributed by atoms with van der Waals surface area (Å²) < 4.78 is 47.8. The molecule has 14 heteroatoms. The van der Waals surface area contributed by atoms with Crippen molar-refractivity contribution in [2.24, 2.45) is 0 Å². The third-order valence-corrected chi connectivity index (χ3v) is 5.60. The molecule has 2 aromatic heterocycles. The molecule has 0 bridgehead atoms. The van der Waals surface area contributed by atoms with Crippen molar-refractivity contribution in [2.45, 2.75) is 6.36 Å². The van der Waals surface area contributed by atoms with Gasteiger partial charge in [0, 0.05) is 24.8 Å². The Hall–Kier alpha value is -3.62. The molecule has 4 rings (SSSR count). The lowest BCUT2D eigenvalue weighted by Crippen LogP contribution is -2.41. The summed E-state index contributed by atoms with van der Waals surface area (Å²) in [6.45, 7) is 1.90. The predicted octanol–water partition coefficient (Wildman–Crippen LogP) is 3.02. The predicted molar refractivity (Wildman–Crippen MR) is 120 cm³/mol. The molecule has 0 spiro atoms. The molecule has 0 saturated carbocycles. The van der Waals surface area contributed by atoms with Gasteiger partial charge in [-0.3, -0.25) is 24.8 Å². The maximum atomic E-state index is 12.9. The van der Waals surface area contributed by atoms with Crippen LogP contribution in [0.1, 0.15) is 10.4 Å². The van der Waals surface area contributed by atoms with E-state index >= 15 is 0 Å². The van der Waals surface area contributed by atoms with Crippen molar-refractivity contribution in [2.75, 3.05) is 43.5 Å². The van der Waals surface area contributed by atoms with Gasteiger partial charge < -0.3 is 14.8 Å². The molecule has 0 aliphatic carbocycles. The van der Waals surface area contributed by atoms with E-state index in [0.29, 0.717) is 37.0 Å². The van der Waals surface area contributed by atoms with E-state index in [-0.39, 0.29) is 22.9 Å². The fraction of sp³-hybridized carbons (Fsp3) is 0.286. The number of carbonyl (C=O) groups is 2. The van der Waals surface area contributed by atoms with E-state index < -0.39 is 23.9 Å². The Balaban J connectivity index is 1.49. The van der Waals surface area contributed by atoms with Crippen molar-refractivity contribution in [3.63, 3.8) is 0 Å². The molecule has 10 nitrogen and oxygen atoms in total. The highest BCUT2D eigenvalue weighted by Crippen LogP contribution is 2.32. The van der Waals surface area contributed by atoms with Gasteiger partial charge in [-0.05, 0) is 30.3 Å². The first-order chi connectivity index (χ1) is 16.8. The third-order valence-electron chi connectivity index (χ3n) is 4.74. The first-order valence-corrected chi connectivity index (χ1v) is 11.1. The zero-order valence-corrected chi connectivity index (χ0v) is 18.9. The number of halogens is 3. The van der Waals surface area contributed by atoms with Crippen molar-refractivity contribution in [3.8, 4) is 16.5 Å². The van der Waals surface area contributed by atoms with Gasteiger partial charge in [0.2, 0.25) is 11.0 Å². The van der Waals surface area contributed by atoms with Crippen LogP contribution in [0.2, 0.25) is 0 Å². The number of aromatic nitrogens is 3. The van der Waals surface area contributed by atoms with Gasteiger partial charge in [-0.15, -0.1) is 23.4 Å². The quantitative estimate of drug-likeness (QED) is 0.500. The molecule has 0 unspecified atom stereocenters. The zero-order chi connectivity index (χ0) is 24.8. The van der Waals surface area contributed by atoms with Crippen LogP contribution in [0.3, 0.4) is 0 Å². The largest absolute Gasteiger partial charge is 0.573 e. The fourth-order valence-electron chi connectivity index (χ4n) is 3.17. The van der Waals surface area contributed by atoms with Crippen LogP contribution in [-0.2, 0) is 9.53 Å². The topological polar surface area (TPSA) is 119 Å². The number of benzene rings is 1. The summed E-state index contributed by atoms with van der Waals surface area (Å²) in [5.74, 6) is -1.85. The lowest BCUT2D eigenvalue weighted by molar-refractivity contribution is -0.274. The highest BCUT2D eigenvalue weighted by Gasteiger charge is 2.32. The van der Waals surface area contributed by atoms with Gasteiger partial charge >= 0.3 is 6.36 Å². The van der Waals surface area contributed by atoms with Gasteiger partial charge in [0.25, 0.3) is 5.91 Å². The number of morpholine rings is 1. The summed E-state index contributed by atoms with van der Waals surface area (Å²) in [5.41, 5.74) is 0.264. The smallest absolute Gasteiger partial charge is 0.404 e. The highest BCUT2D eigenvalue weighted by molar-refractivity contribution is 7.18. The van der Waals surface area contributed by atoms with E-state index in [2.05, 4.69) is 30.6 Å². The van der Waals surface area contributed by atoms with E-state index in [9.17, 15) is 22.8 Å². The van der Waals surface area contributed by atoms with Crippen LogP contribution in [0.25, 0.3) is 10.7 Å². The molecule has 1 aromatic carbocycles. The van der Waals surface area contributed by atoms with E-state index in [1.165, 1.54) is 0 Å². The van der Waals surface area contributed by atoms with Crippen molar-refractivity contribution in [1.82, 2.24) is 20.1 Å². The number of nitrogens with one attached hydrogen (secondary N) is 2. The Morgan fingerprint density at radius 1 is 1.11 bits per heavy atom. The normalized spacial score (nSPS) is 14.4. The average molecular weight is 508 g/mol. The van der Waals surface area contributed by atoms with E-state index in [4.69, 9.17) is 4.74 Å². The number of pyridine rings is 1. The highest BCUT2D eigenvalue weighted by atomic mass is 32.1. The van der Waals surface area contributed by atoms with Crippen molar-refractivity contribution in [1.29, 1.82) is 0 Å². The van der Waals surface area contributed by atoms with Gasteiger partial charge in [0.15, 0.2) is 10.8 Å². The molecule has 2 amide bonds. The minimum atomic E-state index is -4.98. The van der Waals surface area contributed by atoms with Crippen LogP contribution in [-0.4, -0.2) is 71.1 Å². The Morgan fingerprint density at radius 3 is 2.63 bits per heavy atom. The molecule has 1 aliphatic heterocycles. The van der Waals surface area contributed by atoms with Crippen LogP contribution < -0.4 is 15.4 Å². The molecule has 1 aliphatic rings. The second-order valence-corrected chi connectivity index (χ2v) is 8.25. The lowest BCUT2D eigenvalue weighted by atomic mass is 10.1. The standard InChI is InChI=1S/C21H19F3N6O4S/c22-21(23,24)34-16-5-4-13(11-15(16)26-17(31)12-30-7-9-33-10-8-30)18(32)27-20-29-28-19(35-20)14-3-1-2-6-25-14/h1-6,11H,7-10,12H2,(H,26,31)(H,27,29,32). The summed E-state index contributed by atoms with van der Waals surface area (Å²) in [4.78, 5) is 31.1. The molecule has 35 heavy (non-hydrogen) atoms. The SMILES string of the molecule is O=C(CN1CCOCC1)Nc1cc(C(=O)Nc2nnc(-c3ccccn3)s2)ccc1OC(F)(F)F. The van der Waals surface area contributed by atoms with Gasteiger partial charge in [-0.25, -0.2) is 0 Å². The summed E-state index contributed by atoms with van der Waals surface area (Å²) in [5, 5.41) is 13.5. The molecule has 2 N–H and O–H groups in total. The molecule has 0 atom stereocenters. The van der Waals surface area contributed by atoms with Crippen molar-refractivity contribution >= 4 is 34.0 Å². The minimum Gasteiger partial charge on any atom is -0.404 e. The summed E-state index contributed by atoms with van der Waals surface area (Å²) in [7, 11) is 0. The first-order valence-electron chi connectivity index (χ1n) is 10.3. The maximum absolute atomic E-state index is 12.9. The Morgan fingerprint density at radius 2 is 1.91 bits per heavy atom. The summed E-state index contributed by atoms with van der Waals surface area (Å²) in [6, 6.07) is 8.48. The van der Waals surface area contributed by atoms with Crippen molar-refractivity contribution in [3.05, 3.63) is 48.2 Å². The molecule has 184 valence electrons. The molecule has 1 saturated heterocycles. The Labute approximate surface area is 201 Å². The van der Waals surface area contributed by atoms with Crippen LogP contribution in [0.5, 0.6) is 5.75 Å². The number of carbonyl (C=O) groups excluding carboxylic acids is 2. The fourth-order valence-corrected chi connectivity index (χ4v) is 3.89. The molecule has 3 aromatic rings. The number of hydrogen-bond acceptors (Lipinski definition) is 9. The molecular weight excluding hydrogens is 489 g/mol. The molecule has 1 fully saturated rings. The van der Waals surface area contributed by atoms with Gasteiger partial charge in [0.1, 0.15) is 5.69 Å². The molecule has 3 heterocycles. The number of ether oxygens (including phenoxy) is 2. The first kappa shape index (κ1) is 24.5. The van der Waals surface area contributed by atoms with Gasteiger partial charge in [-0.2, -0.15) is 0 Å². The summed E-state index contributed by atoms with van der Waals surface area (Å²) in [6.07, 6.45) is -3.39. The van der Waals surface area contributed by atoms with Crippen LogP contribution in [0.15, 0.2) is 42.6 Å². The van der Waals surface area contributed by atoms with Gasteiger partial charge in [-0.1, -0.05) is 17.4 Å². The van der Waals surface area contributed by atoms with Crippen molar-refractivity contribution < 1.29 is 32.2 Å². The van der Waals surface area contributed by atoms with Crippen LogP contribution in [0, 0.1) is 0 Å². The number of alkyl halides is 3. The Bertz CT molecular complexity index is 1190. The second kappa shape index (κ2) is 10.8. The Kier molecular flexibility index (Phi) is 7.53. The van der Waals surface area contributed by atoms with E-state index in [1.54, 1.807) is 29.3 Å². The average Bonchev–Trinajstić information content (AvgIpc) is 3.29. The lowest BCUT2D eigenvalue weighted by Gasteiger charge is -2.26. The number of nitrogens with zero attached hydrogens (tertiary/aromatic N) is 4. The maximum Gasteiger partial charge on any atom is 0.573 e. The minimum absolute atomic E-state index is 0.0178. The number of hydrogen-bond donors (Lipinski definition) is 2. The third kappa shape index (κ3) is 6.94.